The Hall–Kier alpha value is -4.14. The van der Waals surface area contributed by atoms with Gasteiger partial charge in [-0.15, -0.1) is 0 Å². The molecule has 0 fully saturated rings. The van der Waals surface area contributed by atoms with E-state index in [0.29, 0.717) is 43.5 Å². The summed E-state index contributed by atoms with van der Waals surface area (Å²) in [5, 5.41) is 6.18. The smallest absolute Gasteiger partial charge is 0.330 e. The molecule has 0 saturated carbocycles. The molecule has 1 aromatic carbocycles. The first kappa shape index (κ1) is 24.5. The maximum Gasteiger partial charge on any atom is 0.330 e. The van der Waals surface area contributed by atoms with Crippen LogP contribution in [0, 0.1) is 13.8 Å². The quantitative estimate of drug-likeness (QED) is 0.269. The third-order valence-corrected chi connectivity index (χ3v) is 4.75. The molecule has 0 aliphatic carbocycles. The van der Waals surface area contributed by atoms with E-state index in [4.69, 9.17) is 4.74 Å². The zero-order valence-corrected chi connectivity index (χ0v) is 19.5. The molecule has 0 saturated heterocycles. The summed E-state index contributed by atoms with van der Waals surface area (Å²) in [6.07, 6.45) is 8.62. The zero-order chi connectivity index (χ0) is 24.3. The third-order valence-electron chi connectivity index (χ3n) is 4.75. The average Bonchev–Trinajstić information content (AvgIpc) is 2.83. The van der Waals surface area contributed by atoms with Gasteiger partial charge in [0.25, 0.3) is 5.91 Å². The average molecular weight is 461 g/mol. The van der Waals surface area contributed by atoms with Crippen LogP contribution in [0.2, 0.25) is 0 Å². The number of nitrogens with one attached hydrogen (secondary N) is 2. The van der Waals surface area contributed by atoms with Gasteiger partial charge in [0.2, 0.25) is 0 Å². The van der Waals surface area contributed by atoms with Gasteiger partial charge in [0.05, 0.1) is 18.5 Å². The third kappa shape index (κ3) is 7.19. The van der Waals surface area contributed by atoms with Crippen molar-refractivity contribution in [3.05, 3.63) is 71.7 Å². The molecule has 0 atom stereocenters. The highest BCUT2D eigenvalue weighted by Crippen LogP contribution is 2.27. The molecule has 34 heavy (non-hydrogen) atoms. The van der Waals surface area contributed by atoms with E-state index in [-0.39, 0.29) is 11.9 Å². The summed E-state index contributed by atoms with van der Waals surface area (Å²) >= 11 is 0. The van der Waals surface area contributed by atoms with Gasteiger partial charge in [-0.1, -0.05) is 18.2 Å². The van der Waals surface area contributed by atoms with Gasteiger partial charge in [-0.3, -0.25) is 9.78 Å². The first-order valence-electron chi connectivity index (χ1n) is 11.1. The molecule has 2 N–H and O–H groups in total. The predicted molar refractivity (Wildman–Crippen MR) is 130 cm³/mol. The summed E-state index contributed by atoms with van der Waals surface area (Å²) < 4.78 is 4.93. The van der Waals surface area contributed by atoms with Gasteiger partial charge in [0.1, 0.15) is 17.3 Å². The van der Waals surface area contributed by atoms with Crippen LogP contribution in [0.1, 0.15) is 40.9 Å². The molecular weight excluding hydrogens is 432 g/mol. The highest BCUT2D eigenvalue weighted by Gasteiger charge is 2.10. The van der Waals surface area contributed by atoms with Crippen LogP contribution in [0.15, 0.2) is 48.9 Å². The van der Waals surface area contributed by atoms with E-state index in [1.165, 1.54) is 12.3 Å². The minimum atomic E-state index is -0.379. The highest BCUT2D eigenvalue weighted by atomic mass is 16.5. The fourth-order valence-corrected chi connectivity index (χ4v) is 3.08. The summed E-state index contributed by atoms with van der Waals surface area (Å²) in [5.41, 5.74) is 3.68. The summed E-state index contributed by atoms with van der Waals surface area (Å²) in [7, 11) is 0. The second-order valence-electron chi connectivity index (χ2n) is 7.47. The number of carbonyl (C=O) groups is 2. The van der Waals surface area contributed by atoms with Crippen LogP contribution in [0.3, 0.4) is 0 Å². The number of hydrogen-bond donors (Lipinski definition) is 2. The number of aryl methyl sites for hydroxylation is 2. The Morgan fingerprint density at radius 3 is 2.68 bits per heavy atom. The van der Waals surface area contributed by atoms with Gasteiger partial charge >= 0.3 is 5.97 Å². The molecule has 176 valence electrons. The molecule has 3 aromatic rings. The lowest BCUT2D eigenvalue weighted by molar-refractivity contribution is -0.137. The Morgan fingerprint density at radius 2 is 1.91 bits per heavy atom. The molecule has 3 rings (SSSR count). The van der Waals surface area contributed by atoms with Crippen LogP contribution >= 0.6 is 0 Å². The number of rotatable bonds is 10. The lowest BCUT2D eigenvalue weighted by atomic mass is 10.0. The lowest BCUT2D eigenvalue weighted by Crippen LogP contribution is -2.26. The van der Waals surface area contributed by atoms with Gasteiger partial charge in [0, 0.05) is 37.1 Å². The lowest BCUT2D eigenvalue weighted by Gasteiger charge is -2.12. The number of hydrogen-bond acceptors (Lipinski definition) is 8. The van der Waals surface area contributed by atoms with Crippen molar-refractivity contribution >= 4 is 23.8 Å². The molecule has 0 unspecified atom stereocenters. The molecule has 0 aliphatic rings. The molecular formula is C25H28N6O3. The number of anilines is 1. The zero-order valence-electron chi connectivity index (χ0n) is 19.5. The Bertz CT molecular complexity index is 1160. The second-order valence-corrected chi connectivity index (χ2v) is 7.47. The molecule has 0 radical (unpaired) electrons. The molecule has 0 spiro atoms. The van der Waals surface area contributed by atoms with E-state index in [9.17, 15) is 9.59 Å². The summed E-state index contributed by atoms with van der Waals surface area (Å²) in [6, 6.07) is 7.73. The van der Waals surface area contributed by atoms with E-state index >= 15 is 0 Å². The molecule has 9 heteroatoms. The van der Waals surface area contributed by atoms with Crippen molar-refractivity contribution in [2.45, 2.75) is 27.2 Å². The van der Waals surface area contributed by atoms with E-state index in [0.717, 1.165) is 22.4 Å². The van der Waals surface area contributed by atoms with Gasteiger partial charge in [-0.05, 0) is 50.5 Å². The molecule has 2 aromatic heterocycles. The standard InChI is InChI=1S/C25H28N6O3/c1-4-34-23(32)10-9-19-7-5-8-20(13-19)21-15-29-18(3)31-24(21)26-11-6-12-27-25(33)22-16-28-17(2)14-30-22/h5,7-10,13-16H,4,6,11-12H2,1-3H3,(H,27,33)(H,26,29,31)/b10-9+. The van der Waals surface area contributed by atoms with Gasteiger partial charge in [-0.2, -0.15) is 0 Å². The van der Waals surface area contributed by atoms with Crippen molar-refractivity contribution in [3.8, 4) is 11.1 Å². The van der Waals surface area contributed by atoms with Crippen LogP contribution in [0.4, 0.5) is 5.82 Å². The van der Waals surface area contributed by atoms with Crippen molar-refractivity contribution < 1.29 is 14.3 Å². The van der Waals surface area contributed by atoms with Crippen molar-refractivity contribution in [3.63, 3.8) is 0 Å². The fraction of sp³-hybridized carbons (Fsp3) is 0.280. The SMILES string of the molecule is CCOC(=O)/C=C/c1cccc(-c2cnc(C)nc2NCCCNC(=O)c2cnc(C)cn2)c1. The molecule has 2 heterocycles. The number of esters is 1. The van der Waals surface area contributed by atoms with Crippen LogP contribution in [-0.2, 0) is 9.53 Å². The van der Waals surface area contributed by atoms with E-state index in [2.05, 4.69) is 30.6 Å². The van der Waals surface area contributed by atoms with Crippen molar-refractivity contribution in [2.75, 3.05) is 25.0 Å². The van der Waals surface area contributed by atoms with Crippen molar-refractivity contribution in [1.29, 1.82) is 0 Å². The highest BCUT2D eigenvalue weighted by molar-refractivity contribution is 5.91. The summed E-state index contributed by atoms with van der Waals surface area (Å²) in [6.45, 7) is 6.84. The number of ether oxygens (including phenoxy) is 1. The summed E-state index contributed by atoms with van der Waals surface area (Å²) in [5.74, 6) is 0.722. The minimum absolute atomic E-state index is 0.251. The maximum atomic E-state index is 12.1. The van der Waals surface area contributed by atoms with Gasteiger partial charge < -0.3 is 15.4 Å². The normalized spacial score (nSPS) is 10.8. The monoisotopic (exact) mass is 460 g/mol. The van der Waals surface area contributed by atoms with E-state index in [1.54, 1.807) is 25.4 Å². The van der Waals surface area contributed by atoms with Crippen molar-refractivity contribution in [1.82, 2.24) is 25.3 Å². The number of carbonyl (C=O) groups excluding carboxylic acids is 2. The molecule has 0 aliphatic heterocycles. The Morgan fingerprint density at radius 1 is 1.06 bits per heavy atom. The first-order valence-corrected chi connectivity index (χ1v) is 11.1. The number of amides is 1. The Kier molecular flexibility index (Phi) is 8.79. The minimum Gasteiger partial charge on any atom is -0.463 e. The molecule has 0 bridgehead atoms. The predicted octanol–water partition coefficient (Wildman–Crippen LogP) is 3.36. The van der Waals surface area contributed by atoms with Crippen LogP contribution in [0.5, 0.6) is 0 Å². The Labute approximate surface area is 198 Å². The molecule has 9 nitrogen and oxygen atoms in total. The number of aromatic nitrogens is 4. The first-order chi connectivity index (χ1) is 16.5. The van der Waals surface area contributed by atoms with Crippen LogP contribution in [-0.4, -0.2) is 51.5 Å². The number of nitrogens with zero attached hydrogens (tertiary/aromatic N) is 4. The summed E-state index contributed by atoms with van der Waals surface area (Å²) in [4.78, 5) is 40.8. The topological polar surface area (TPSA) is 119 Å². The van der Waals surface area contributed by atoms with Crippen LogP contribution < -0.4 is 10.6 Å². The van der Waals surface area contributed by atoms with Gasteiger partial charge in [0.15, 0.2) is 0 Å². The largest absolute Gasteiger partial charge is 0.463 e. The Balaban J connectivity index is 1.61. The number of benzene rings is 1. The van der Waals surface area contributed by atoms with Crippen LogP contribution in [0.25, 0.3) is 17.2 Å². The van der Waals surface area contributed by atoms with Crippen molar-refractivity contribution in [2.24, 2.45) is 0 Å². The fourth-order valence-electron chi connectivity index (χ4n) is 3.08. The van der Waals surface area contributed by atoms with Gasteiger partial charge in [-0.25, -0.2) is 19.7 Å². The maximum absolute atomic E-state index is 12.1. The van der Waals surface area contributed by atoms with E-state index in [1.807, 2.05) is 38.1 Å². The second kappa shape index (κ2) is 12.2. The molecule has 1 amide bonds. The van der Waals surface area contributed by atoms with E-state index < -0.39 is 0 Å².